The average Bonchev–Trinajstić information content (AvgIpc) is 2.72. The molecule has 2 aromatic heterocycles. The smallest absolute Gasteiger partial charge is 0.440 e. The molecule has 1 fully saturated rings. The normalized spacial score (nSPS) is 22.5. The molecule has 26 nitrogen and oxygen atoms in total. The highest BCUT2D eigenvalue weighted by molar-refractivity contribution is 8.08. The molecule has 1 saturated heterocycles. The van der Waals surface area contributed by atoms with Gasteiger partial charge in [-0.15, -0.1) is 0 Å². The van der Waals surface area contributed by atoms with Gasteiger partial charge in [0.05, 0.1) is 12.9 Å². The van der Waals surface area contributed by atoms with Gasteiger partial charge in [0.15, 0.2) is 23.5 Å². The Morgan fingerprint density at radius 2 is 1.72 bits per heavy atom. The van der Waals surface area contributed by atoms with E-state index >= 15 is 0 Å². The predicted octanol–water partition coefficient (Wildman–Crippen LogP) is 3.57. The number of aromatic amines is 1. The van der Waals surface area contributed by atoms with Crippen molar-refractivity contribution in [2.45, 2.75) is 128 Å². The highest BCUT2D eigenvalue weighted by atomic mass is 32.5. The van der Waals surface area contributed by atoms with Gasteiger partial charge in [0.25, 0.3) is 11.5 Å². The number of imidazole rings is 1. The van der Waals surface area contributed by atoms with Crippen molar-refractivity contribution in [3.05, 3.63) is 114 Å². The molecule has 3 aromatic carbocycles. The molecule has 6 heterocycles. The summed E-state index contributed by atoms with van der Waals surface area (Å²) in [4.78, 5) is 107. The van der Waals surface area contributed by atoms with Gasteiger partial charge in [-0.3, -0.25) is 28.5 Å². The van der Waals surface area contributed by atoms with Crippen molar-refractivity contribution in [2.24, 2.45) is 0 Å². The van der Waals surface area contributed by atoms with Gasteiger partial charge in [-0.05, 0) is 127 Å². The number of nitrogen functional groups attached to an aromatic ring is 1. The number of phosphoric ester groups is 1. The molecule has 0 saturated carbocycles. The van der Waals surface area contributed by atoms with E-state index in [1.54, 1.807) is 11.9 Å². The predicted molar refractivity (Wildman–Crippen MR) is 317 cm³/mol. The van der Waals surface area contributed by atoms with E-state index in [1.807, 2.05) is 18.2 Å². The molecule has 0 bridgehead atoms. The fourth-order valence-electron chi connectivity index (χ4n) is 13.3. The number of benzene rings is 3. The van der Waals surface area contributed by atoms with Crippen molar-refractivity contribution in [2.75, 3.05) is 63.6 Å². The first-order chi connectivity index (χ1) is 40.0. The molecule has 5 aliphatic rings. The third kappa shape index (κ3) is 12.6. The van der Waals surface area contributed by atoms with E-state index in [4.69, 9.17) is 19.7 Å². The van der Waals surface area contributed by atoms with Crippen LogP contribution in [0, 0.1) is 0 Å². The maximum atomic E-state index is 14.9. The molecule has 30 heteroatoms. The number of amides is 3. The molecule has 4 aliphatic heterocycles. The lowest BCUT2D eigenvalue weighted by Crippen LogP contribution is -2.50. The summed E-state index contributed by atoms with van der Waals surface area (Å²) in [5.41, 5.74) is 15.8. The van der Waals surface area contributed by atoms with Gasteiger partial charge < -0.3 is 60.3 Å². The zero-order valence-corrected chi connectivity index (χ0v) is 51.6. The number of fused-ring (bicyclic) bond motifs is 5. The number of nitrogens with two attached hydrogens (primary N) is 1. The molecule has 458 valence electrons. The standard InChI is InChI=1S/C55H71N10O16P3S/c1-8-65-39-26-38-36(25-35(39)30(2)27-54(65,3)4)42(37-24-31-14-11-22-63-23-12-17-34(45(31)63)43(37)55(38,5)6)32-15-9-10-16-33(32)50(69)62(7)21-13-18-41(66)57-19-20-58-53(70)79-47-40(28-77-82(71,72)80-83(73,74)81-84(75,76)85)78-51(46(47)67)64-29-59-44-48(64)60-52(56)61-49(44)68/h9-10,15-16,24-26,29-30,40,46-47,51,67H,8,11-14,17-23,27-28H2,1-7H3,(H8-,56,57,58,60,61,66,68,70,71,72,73,74,75,76,85)/p+1/t30?,40-,46-,47-,51-/m1/s1. The van der Waals surface area contributed by atoms with Crippen LogP contribution in [0.4, 0.5) is 16.4 Å². The first-order valence-corrected chi connectivity index (χ1v) is 33.8. The molecule has 7 atom stereocenters. The fourth-order valence-corrected chi connectivity index (χ4v) is 17.1. The maximum Gasteiger partial charge on any atom is 0.488 e. The number of hydrogen-bond acceptors (Lipinski definition) is 17. The number of alkyl carbamates (subject to hydrolysis) is 1. The number of rotatable bonds is 19. The number of nitrogens with zero attached hydrogens (tertiary/aromatic N) is 6. The summed E-state index contributed by atoms with van der Waals surface area (Å²) in [7, 11) is -9.62. The van der Waals surface area contributed by atoms with Crippen LogP contribution in [0.5, 0.6) is 0 Å². The summed E-state index contributed by atoms with van der Waals surface area (Å²) >= 11 is 4.12. The second-order valence-electron chi connectivity index (χ2n) is 23.3. The second-order valence-corrected chi connectivity index (χ2v) is 29.2. The SMILES string of the molecule is CCN1c2cc3c(cc2C(C)CC1(C)C)C(c1ccccc1C(=O)N(C)CCCC(=O)NCCNC(=O)O[C@H]1[C@@H](O)[C@H](n2cnc4c(=O)[nH]c(N)nc42)O[C@@H]1COP(=O)(O)OP(=O)(O)OP(O)(O)=S)=c1cc2c4c(c1C3(C)C)CCC[N+]=4CCC2. The van der Waals surface area contributed by atoms with Gasteiger partial charge in [-0.2, -0.15) is 9.29 Å². The van der Waals surface area contributed by atoms with Gasteiger partial charge in [-0.1, -0.05) is 39.0 Å². The average molecular weight is 1250 g/mol. The molecular formula is C55H72N10O16P3S+. The maximum absolute atomic E-state index is 14.9. The first-order valence-electron chi connectivity index (χ1n) is 28.2. The summed E-state index contributed by atoms with van der Waals surface area (Å²) < 4.78 is 52.6. The number of hydrogen-bond donors (Lipinski definition) is 9. The van der Waals surface area contributed by atoms with Crippen LogP contribution < -0.4 is 42.0 Å². The van der Waals surface area contributed by atoms with E-state index in [0.29, 0.717) is 17.9 Å². The van der Waals surface area contributed by atoms with Crippen molar-refractivity contribution < 1.29 is 70.8 Å². The lowest BCUT2D eigenvalue weighted by Gasteiger charge is -2.48. The van der Waals surface area contributed by atoms with E-state index in [0.717, 1.165) is 79.3 Å². The Bertz CT molecular complexity index is 3870. The molecule has 0 spiro atoms. The fraction of sp³-hybridized carbons (Fsp3) is 0.509. The highest BCUT2D eigenvalue weighted by Crippen LogP contribution is 2.66. The molecule has 10 rings (SSSR count). The topological polar surface area (TPSA) is 356 Å². The molecule has 3 amide bonds. The van der Waals surface area contributed by atoms with Crippen molar-refractivity contribution >= 4 is 80.5 Å². The number of nitrogens with one attached hydrogen (secondary N) is 3. The lowest BCUT2D eigenvalue weighted by molar-refractivity contribution is -0.121. The third-order valence-corrected chi connectivity index (χ3v) is 21.1. The molecule has 0 radical (unpaired) electrons. The number of aliphatic hydroxyl groups excluding tert-OH is 1. The highest BCUT2D eigenvalue weighted by Gasteiger charge is 2.50. The van der Waals surface area contributed by atoms with E-state index in [-0.39, 0.29) is 65.9 Å². The minimum atomic E-state index is -5.72. The van der Waals surface area contributed by atoms with Crippen LogP contribution in [-0.2, 0) is 66.6 Å². The van der Waals surface area contributed by atoms with Gasteiger partial charge >= 0.3 is 28.5 Å². The first kappa shape index (κ1) is 62.3. The monoisotopic (exact) mass is 1250 g/mol. The van der Waals surface area contributed by atoms with E-state index in [9.17, 15) is 53.0 Å². The number of anilines is 2. The van der Waals surface area contributed by atoms with Crippen molar-refractivity contribution in [3.8, 4) is 0 Å². The summed E-state index contributed by atoms with van der Waals surface area (Å²) in [5.74, 6) is -0.574. The minimum absolute atomic E-state index is 0.0278. The molecule has 1 aliphatic carbocycles. The van der Waals surface area contributed by atoms with Crippen molar-refractivity contribution in [1.29, 1.82) is 0 Å². The van der Waals surface area contributed by atoms with Crippen LogP contribution >= 0.6 is 22.4 Å². The Hall–Kier alpha value is -5.76. The summed E-state index contributed by atoms with van der Waals surface area (Å²) in [6.07, 6.45) is -1.45. The largest absolute Gasteiger partial charge is 0.488 e. The van der Waals surface area contributed by atoms with E-state index in [1.165, 1.54) is 44.1 Å². The Morgan fingerprint density at radius 1 is 1.00 bits per heavy atom. The van der Waals surface area contributed by atoms with Crippen LogP contribution in [-0.4, -0.2) is 144 Å². The number of aromatic nitrogens is 4. The number of phosphoric acid groups is 2. The molecular weight excluding hydrogens is 1180 g/mol. The second kappa shape index (κ2) is 23.7. The number of ether oxygens (including phenoxy) is 2. The minimum Gasteiger partial charge on any atom is -0.440 e. The van der Waals surface area contributed by atoms with Gasteiger partial charge in [-0.25, -0.2) is 27.8 Å². The van der Waals surface area contributed by atoms with Gasteiger partial charge in [0.2, 0.25) is 17.2 Å². The number of aliphatic hydroxyl groups is 1. The molecule has 85 heavy (non-hydrogen) atoms. The molecule has 10 N–H and O–H groups in total. The number of aryl methyl sites for hydroxylation is 1. The zero-order chi connectivity index (χ0) is 61.3. The third-order valence-electron chi connectivity index (χ3n) is 16.7. The van der Waals surface area contributed by atoms with Crippen molar-refractivity contribution in [3.63, 3.8) is 0 Å². The van der Waals surface area contributed by atoms with Crippen LogP contribution in [0.25, 0.3) is 16.7 Å². The zero-order valence-electron chi connectivity index (χ0n) is 48.1. The van der Waals surface area contributed by atoms with Gasteiger partial charge in [0.1, 0.15) is 25.3 Å². The van der Waals surface area contributed by atoms with Crippen LogP contribution in [0.15, 0.2) is 53.6 Å². The van der Waals surface area contributed by atoms with Crippen molar-refractivity contribution in [1.82, 2.24) is 39.6 Å². The summed E-state index contributed by atoms with van der Waals surface area (Å²) in [6.45, 7) is 11.0. The molecule has 3 unspecified atom stereocenters. The van der Waals surface area contributed by atoms with E-state index < -0.39 is 65.2 Å². The number of H-pyrrole nitrogens is 1. The Morgan fingerprint density at radius 3 is 2.45 bits per heavy atom. The number of carbonyl (C=O) groups is 3. The Balaban J connectivity index is 0.809. The van der Waals surface area contributed by atoms with Gasteiger partial charge in [0, 0.05) is 85.8 Å². The summed E-state index contributed by atoms with van der Waals surface area (Å²) in [5, 5.41) is 19.2. The lowest BCUT2D eigenvalue weighted by atomic mass is 9.64. The summed E-state index contributed by atoms with van der Waals surface area (Å²) in [6, 6.07) is 15.2. The van der Waals surface area contributed by atoms with Crippen LogP contribution in [0.2, 0.25) is 0 Å². The quantitative estimate of drug-likeness (QED) is 0.0324. The Labute approximate surface area is 494 Å². The van der Waals surface area contributed by atoms with E-state index in [2.05, 4.69) is 121 Å². The van der Waals surface area contributed by atoms with Crippen LogP contribution in [0.3, 0.4) is 0 Å². The Kier molecular flexibility index (Phi) is 17.4. The van der Waals surface area contributed by atoms with Crippen LogP contribution in [0.1, 0.15) is 135 Å². The molecule has 5 aromatic rings. The number of carbonyl (C=O) groups excluding carboxylic acids is 3.